The zero-order valence-corrected chi connectivity index (χ0v) is 10.9. The normalized spacial score (nSPS) is 12.3. The lowest BCUT2D eigenvalue weighted by Crippen LogP contribution is -2.11. The SMILES string of the molecule is N[C@@H](c1ccccc1)c1nc(-c2ccc(O)c(F)c2)no1. The van der Waals surface area contributed by atoms with E-state index in [1.54, 1.807) is 0 Å². The third kappa shape index (κ3) is 2.61. The summed E-state index contributed by atoms with van der Waals surface area (Å²) >= 11 is 0. The maximum atomic E-state index is 13.3. The summed E-state index contributed by atoms with van der Waals surface area (Å²) in [6, 6.07) is 12.6. The van der Waals surface area contributed by atoms with Gasteiger partial charge < -0.3 is 15.4 Å². The minimum atomic E-state index is -0.744. The van der Waals surface area contributed by atoms with E-state index in [1.165, 1.54) is 12.1 Å². The first-order valence-corrected chi connectivity index (χ1v) is 6.28. The van der Waals surface area contributed by atoms with Crippen LogP contribution in [0, 0.1) is 5.82 Å². The summed E-state index contributed by atoms with van der Waals surface area (Å²) in [7, 11) is 0. The molecular weight excluding hydrogens is 273 g/mol. The number of phenols is 1. The Balaban J connectivity index is 1.91. The molecule has 0 spiro atoms. The van der Waals surface area contributed by atoms with Crippen molar-refractivity contribution in [3.05, 3.63) is 65.8 Å². The Bertz CT molecular complexity index is 759. The molecule has 0 amide bonds. The van der Waals surface area contributed by atoms with Crippen molar-refractivity contribution in [2.45, 2.75) is 6.04 Å². The van der Waals surface area contributed by atoms with Crippen molar-refractivity contribution in [1.82, 2.24) is 10.1 Å². The van der Waals surface area contributed by atoms with Crippen molar-refractivity contribution in [2.24, 2.45) is 5.73 Å². The number of phenolic OH excluding ortho intramolecular Hbond substituents is 1. The van der Waals surface area contributed by atoms with Crippen molar-refractivity contribution >= 4 is 0 Å². The Hall–Kier alpha value is -2.73. The Morgan fingerprint density at radius 1 is 1.14 bits per heavy atom. The molecule has 0 saturated carbocycles. The maximum absolute atomic E-state index is 13.3. The van der Waals surface area contributed by atoms with Crippen molar-refractivity contribution in [1.29, 1.82) is 0 Å². The van der Waals surface area contributed by atoms with Crippen molar-refractivity contribution < 1.29 is 14.0 Å². The molecule has 0 radical (unpaired) electrons. The second-order valence-electron chi connectivity index (χ2n) is 4.51. The summed E-state index contributed by atoms with van der Waals surface area (Å²) in [5.41, 5.74) is 7.29. The predicted octanol–water partition coefficient (Wildman–Crippen LogP) is 2.63. The van der Waals surface area contributed by atoms with Gasteiger partial charge in [0, 0.05) is 5.56 Å². The van der Waals surface area contributed by atoms with Gasteiger partial charge in [0.05, 0.1) is 0 Å². The number of benzene rings is 2. The lowest BCUT2D eigenvalue weighted by atomic mass is 10.1. The standard InChI is InChI=1S/C15H12FN3O2/c16-11-8-10(6-7-12(11)20)14-18-15(21-19-14)13(17)9-4-2-1-3-5-9/h1-8,13,20H,17H2/t13-/m0/s1. The number of hydrogen-bond donors (Lipinski definition) is 2. The van der Waals surface area contributed by atoms with Gasteiger partial charge >= 0.3 is 0 Å². The number of halogens is 1. The number of nitrogens with two attached hydrogens (primary N) is 1. The van der Waals surface area contributed by atoms with E-state index in [9.17, 15) is 9.50 Å². The number of nitrogens with zero attached hydrogens (tertiary/aromatic N) is 2. The molecule has 1 aromatic heterocycles. The third-order valence-electron chi connectivity index (χ3n) is 3.07. The Morgan fingerprint density at radius 3 is 2.62 bits per heavy atom. The van der Waals surface area contributed by atoms with Crippen LogP contribution in [0.1, 0.15) is 17.5 Å². The van der Waals surface area contributed by atoms with Gasteiger partial charge in [-0.3, -0.25) is 0 Å². The molecule has 0 aliphatic rings. The van der Waals surface area contributed by atoms with E-state index in [1.807, 2.05) is 30.3 Å². The zero-order chi connectivity index (χ0) is 14.8. The van der Waals surface area contributed by atoms with E-state index in [-0.39, 0.29) is 11.7 Å². The molecule has 0 fully saturated rings. The molecule has 0 aliphatic heterocycles. The van der Waals surface area contributed by atoms with E-state index >= 15 is 0 Å². The Kier molecular flexibility index (Phi) is 3.37. The van der Waals surface area contributed by atoms with E-state index < -0.39 is 17.6 Å². The van der Waals surface area contributed by atoms with Crippen LogP contribution in [0.2, 0.25) is 0 Å². The lowest BCUT2D eigenvalue weighted by molar-refractivity contribution is 0.367. The van der Waals surface area contributed by atoms with Crippen molar-refractivity contribution in [2.75, 3.05) is 0 Å². The highest BCUT2D eigenvalue weighted by Gasteiger charge is 2.17. The van der Waals surface area contributed by atoms with Crippen LogP contribution in [0.3, 0.4) is 0 Å². The maximum Gasteiger partial charge on any atom is 0.248 e. The fourth-order valence-corrected chi connectivity index (χ4v) is 1.93. The highest BCUT2D eigenvalue weighted by molar-refractivity contribution is 5.56. The molecule has 0 aliphatic carbocycles. The minimum absolute atomic E-state index is 0.218. The van der Waals surface area contributed by atoms with Crippen LogP contribution >= 0.6 is 0 Å². The molecule has 106 valence electrons. The van der Waals surface area contributed by atoms with Crippen LogP contribution in [0.15, 0.2) is 53.1 Å². The molecule has 6 heteroatoms. The lowest BCUT2D eigenvalue weighted by Gasteiger charge is -2.05. The molecular formula is C15H12FN3O2. The monoisotopic (exact) mass is 285 g/mol. The summed E-state index contributed by atoms with van der Waals surface area (Å²) in [4.78, 5) is 4.18. The number of aromatic hydroxyl groups is 1. The molecule has 0 saturated heterocycles. The average Bonchev–Trinajstić information content (AvgIpc) is 3.00. The van der Waals surface area contributed by atoms with Crippen LogP contribution in [0.4, 0.5) is 4.39 Å². The summed E-state index contributed by atoms with van der Waals surface area (Å²) in [5, 5.41) is 13.0. The van der Waals surface area contributed by atoms with E-state index in [0.717, 1.165) is 11.6 Å². The molecule has 0 unspecified atom stereocenters. The zero-order valence-electron chi connectivity index (χ0n) is 10.9. The molecule has 2 aromatic carbocycles. The van der Waals surface area contributed by atoms with Gasteiger partial charge in [-0.05, 0) is 23.8 Å². The first-order valence-electron chi connectivity index (χ1n) is 6.28. The molecule has 3 aromatic rings. The fourth-order valence-electron chi connectivity index (χ4n) is 1.93. The van der Waals surface area contributed by atoms with Crippen molar-refractivity contribution in [3.8, 4) is 17.1 Å². The van der Waals surface area contributed by atoms with Gasteiger partial charge in [0.2, 0.25) is 11.7 Å². The summed E-state index contributed by atoms with van der Waals surface area (Å²) in [6.45, 7) is 0. The molecule has 21 heavy (non-hydrogen) atoms. The molecule has 5 nitrogen and oxygen atoms in total. The van der Waals surface area contributed by atoms with Gasteiger partial charge in [-0.25, -0.2) is 4.39 Å². The fraction of sp³-hybridized carbons (Fsp3) is 0.0667. The number of aromatic nitrogens is 2. The molecule has 3 N–H and O–H groups in total. The first kappa shape index (κ1) is 13.3. The highest BCUT2D eigenvalue weighted by Crippen LogP contribution is 2.25. The van der Waals surface area contributed by atoms with Crippen LogP contribution in [-0.2, 0) is 0 Å². The largest absolute Gasteiger partial charge is 0.505 e. The van der Waals surface area contributed by atoms with Crippen LogP contribution in [0.5, 0.6) is 5.75 Å². The summed E-state index contributed by atoms with van der Waals surface area (Å²) in [5.74, 6) is -0.713. The molecule has 0 bridgehead atoms. The third-order valence-corrected chi connectivity index (χ3v) is 3.07. The van der Waals surface area contributed by atoms with Gasteiger partial charge in [-0.1, -0.05) is 35.5 Å². The van der Waals surface area contributed by atoms with Gasteiger partial charge in [0.15, 0.2) is 11.6 Å². The second-order valence-corrected chi connectivity index (χ2v) is 4.51. The number of rotatable bonds is 3. The van der Waals surface area contributed by atoms with E-state index in [0.29, 0.717) is 5.56 Å². The highest BCUT2D eigenvalue weighted by atomic mass is 19.1. The first-order chi connectivity index (χ1) is 10.1. The minimum Gasteiger partial charge on any atom is -0.505 e. The van der Waals surface area contributed by atoms with Crippen LogP contribution in [0.25, 0.3) is 11.4 Å². The molecule has 1 heterocycles. The van der Waals surface area contributed by atoms with Crippen LogP contribution < -0.4 is 5.73 Å². The van der Waals surface area contributed by atoms with Crippen LogP contribution in [-0.4, -0.2) is 15.2 Å². The predicted molar refractivity (Wildman–Crippen MR) is 73.8 cm³/mol. The Morgan fingerprint density at radius 2 is 1.90 bits per heavy atom. The second kappa shape index (κ2) is 5.34. The molecule has 3 rings (SSSR count). The van der Waals surface area contributed by atoms with Gasteiger partial charge in [0.1, 0.15) is 6.04 Å². The topological polar surface area (TPSA) is 85.2 Å². The van der Waals surface area contributed by atoms with Crippen molar-refractivity contribution in [3.63, 3.8) is 0 Å². The number of hydrogen-bond acceptors (Lipinski definition) is 5. The van der Waals surface area contributed by atoms with Gasteiger partial charge in [0.25, 0.3) is 0 Å². The average molecular weight is 285 g/mol. The smallest absolute Gasteiger partial charge is 0.248 e. The Labute approximate surface area is 119 Å². The van der Waals surface area contributed by atoms with E-state index in [2.05, 4.69) is 10.1 Å². The summed E-state index contributed by atoms with van der Waals surface area (Å²) in [6.07, 6.45) is 0. The summed E-state index contributed by atoms with van der Waals surface area (Å²) < 4.78 is 18.5. The molecule has 1 atom stereocenters. The quantitative estimate of drug-likeness (QED) is 0.772. The van der Waals surface area contributed by atoms with E-state index in [4.69, 9.17) is 10.3 Å². The van der Waals surface area contributed by atoms with Gasteiger partial charge in [-0.15, -0.1) is 0 Å². The van der Waals surface area contributed by atoms with Gasteiger partial charge in [-0.2, -0.15) is 4.98 Å².